The molecule has 0 fully saturated rings. The van der Waals surface area contributed by atoms with E-state index < -0.39 is 5.82 Å². The molecule has 0 radical (unpaired) electrons. The first kappa shape index (κ1) is 14.1. The van der Waals surface area contributed by atoms with Gasteiger partial charge < -0.3 is 10.4 Å². The summed E-state index contributed by atoms with van der Waals surface area (Å²) >= 11 is 3.15. The summed E-state index contributed by atoms with van der Waals surface area (Å²) in [5.41, 5.74) is 0.391. The third-order valence-corrected chi connectivity index (χ3v) is 3.14. The molecule has 17 heavy (non-hydrogen) atoms. The lowest BCUT2D eigenvalue weighted by Crippen LogP contribution is -2.35. The molecular weight excluding hydrogens is 289 g/mol. The van der Waals surface area contributed by atoms with Crippen molar-refractivity contribution < 1.29 is 14.3 Å². The van der Waals surface area contributed by atoms with Crippen molar-refractivity contribution in [1.29, 1.82) is 0 Å². The zero-order valence-corrected chi connectivity index (χ0v) is 11.1. The van der Waals surface area contributed by atoms with E-state index in [-0.39, 0.29) is 18.6 Å². The van der Waals surface area contributed by atoms with Crippen LogP contribution in [0.1, 0.15) is 30.1 Å². The molecule has 0 saturated carbocycles. The van der Waals surface area contributed by atoms with Gasteiger partial charge in [0.15, 0.2) is 0 Å². The van der Waals surface area contributed by atoms with E-state index in [0.29, 0.717) is 16.5 Å². The molecule has 0 heterocycles. The molecular formula is C12H15BrFNO2. The fourth-order valence-corrected chi connectivity index (χ4v) is 2.00. The predicted octanol–water partition coefficient (Wildman–Crippen LogP) is 2.48. The van der Waals surface area contributed by atoms with E-state index in [4.69, 9.17) is 5.11 Å². The standard InChI is InChI=1S/C12H15BrFNO2/c1-2-9(5-6-16)15-12(17)10-4-3-8(14)7-11(10)13/h3-4,7,9,16H,2,5-6H2,1H3,(H,15,17). The van der Waals surface area contributed by atoms with E-state index in [0.717, 1.165) is 6.42 Å². The maximum atomic E-state index is 12.9. The maximum Gasteiger partial charge on any atom is 0.252 e. The molecule has 0 aromatic heterocycles. The summed E-state index contributed by atoms with van der Waals surface area (Å²) in [5, 5.41) is 11.6. The molecule has 5 heteroatoms. The van der Waals surface area contributed by atoms with E-state index >= 15 is 0 Å². The second kappa shape index (κ2) is 6.71. The zero-order valence-electron chi connectivity index (χ0n) is 9.54. The van der Waals surface area contributed by atoms with Crippen molar-refractivity contribution in [1.82, 2.24) is 5.32 Å². The Hall–Kier alpha value is -0.940. The molecule has 3 nitrogen and oxygen atoms in total. The van der Waals surface area contributed by atoms with E-state index in [9.17, 15) is 9.18 Å². The molecule has 1 atom stereocenters. The van der Waals surface area contributed by atoms with Gasteiger partial charge in [0.1, 0.15) is 5.82 Å². The minimum absolute atomic E-state index is 0.0311. The van der Waals surface area contributed by atoms with Gasteiger partial charge in [-0.25, -0.2) is 4.39 Å². The Labute approximate surface area is 108 Å². The van der Waals surface area contributed by atoms with Gasteiger partial charge in [-0.15, -0.1) is 0 Å². The van der Waals surface area contributed by atoms with Crippen LogP contribution in [-0.4, -0.2) is 23.7 Å². The van der Waals surface area contributed by atoms with Gasteiger partial charge in [0.25, 0.3) is 5.91 Å². The van der Waals surface area contributed by atoms with Crippen LogP contribution >= 0.6 is 15.9 Å². The smallest absolute Gasteiger partial charge is 0.252 e. The number of amides is 1. The third-order valence-electron chi connectivity index (χ3n) is 2.48. The van der Waals surface area contributed by atoms with Crippen LogP contribution in [0.3, 0.4) is 0 Å². The molecule has 0 spiro atoms. The second-order valence-corrected chi connectivity index (χ2v) is 4.57. The van der Waals surface area contributed by atoms with Crippen LogP contribution in [0.4, 0.5) is 4.39 Å². The molecule has 1 unspecified atom stereocenters. The van der Waals surface area contributed by atoms with Gasteiger partial charge >= 0.3 is 0 Å². The second-order valence-electron chi connectivity index (χ2n) is 3.72. The number of carbonyl (C=O) groups is 1. The molecule has 0 saturated heterocycles. The summed E-state index contributed by atoms with van der Waals surface area (Å²) in [6.45, 7) is 1.96. The average molecular weight is 304 g/mol. The van der Waals surface area contributed by atoms with Crippen molar-refractivity contribution in [2.75, 3.05) is 6.61 Å². The van der Waals surface area contributed by atoms with Crippen molar-refractivity contribution in [3.05, 3.63) is 34.1 Å². The molecule has 0 aliphatic heterocycles. The molecule has 0 aliphatic rings. The quantitative estimate of drug-likeness (QED) is 0.878. The van der Waals surface area contributed by atoms with Crippen molar-refractivity contribution in [3.8, 4) is 0 Å². The van der Waals surface area contributed by atoms with Crippen LogP contribution in [0.15, 0.2) is 22.7 Å². The highest BCUT2D eigenvalue weighted by molar-refractivity contribution is 9.10. The maximum absolute atomic E-state index is 12.9. The van der Waals surface area contributed by atoms with Gasteiger partial charge in [-0.05, 0) is 47.0 Å². The fourth-order valence-electron chi connectivity index (χ4n) is 1.47. The first-order valence-corrected chi connectivity index (χ1v) is 6.24. The Morgan fingerprint density at radius 3 is 2.82 bits per heavy atom. The first-order chi connectivity index (χ1) is 8.08. The van der Waals surface area contributed by atoms with Crippen LogP contribution in [0, 0.1) is 5.82 Å². The highest BCUT2D eigenvalue weighted by Crippen LogP contribution is 2.18. The summed E-state index contributed by atoms with van der Waals surface area (Å²) in [5.74, 6) is -0.659. The lowest BCUT2D eigenvalue weighted by molar-refractivity contribution is 0.0928. The average Bonchev–Trinajstić information content (AvgIpc) is 2.28. The number of hydrogen-bond acceptors (Lipinski definition) is 2. The predicted molar refractivity (Wildman–Crippen MR) is 67.3 cm³/mol. The van der Waals surface area contributed by atoms with Crippen molar-refractivity contribution in [2.24, 2.45) is 0 Å². The molecule has 1 rings (SSSR count). The summed E-state index contributed by atoms with van der Waals surface area (Å²) < 4.78 is 13.3. The topological polar surface area (TPSA) is 49.3 Å². The Morgan fingerprint density at radius 2 is 2.29 bits per heavy atom. The number of hydrogen-bond donors (Lipinski definition) is 2. The number of aliphatic hydroxyl groups is 1. The van der Waals surface area contributed by atoms with Crippen LogP contribution in [0.5, 0.6) is 0 Å². The Bertz CT molecular complexity index is 398. The molecule has 2 N–H and O–H groups in total. The molecule has 1 aromatic rings. The fraction of sp³-hybridized carbons (Fsp3) is 0.417. The van der Waals surface area contributed by atoms with E-state index in [2.05, 4.69) is 21.2 Å². The minimum atomic E-state index is -0.393. The lowest BCUT2D eigenvalue weighted by Gasteiger charge is -2.16. The SMILES string of the molecule is CCC(CCO)NC(=O)c1ccc(F)cc1Br. The van der Waals surface area contributed by atoms with Gasteiger partial charge in [-0.2, -0.15) is 0 Å². The number of carbonyl (C=O) groups excluding carboxylic acids is 1. The number of benzene rings is 1. The normalized spacial score (nSPS) is 12.2. The highest BCUT2D eigenvalue weighted by Gasteiger charge is 2.14. The lowest BCUT2D eigenvalue weighted by atomic mass is 10.1. The summed E-state index contributed by atoms with van der Waals surface area (Å²) in [6.07, 6.45) is 1.26. The van der Waals surface area contributed by atoms with Crippen LogP contribution in [-0.2, 0) is 0 Å². The first-order valence-electron chi connectivity index (χ1n) is 5.45. The summed E-state index contributed by atoms with van der Waals surface area (Å²) in [7, 11) is 0. The summed E-state index contributed by atoms with van der Waals surface area (Å²) in [6, 6.07) is 3.86. The largest absolute Gasteiger partial charge is 0.396 e. The number of nitrogens with one attached hydrogen (secondary N) is 1. The molecule has 1 amide bonds. The van der Waals surface area contributed by atoms with Crippen molar-refractivity contribution in [3.63, 3.8) is 0 Å². The van der Waals surface area contributed by atoms with Gasteiger partial charge in [0.05, 0.1) is 5.56 Å². The Balaban J connectivity index is 2.75. The third kappa shape index (κ3) is 4.09. The van der Waals surface area contributed by atoms with E-state index in [1.54, 1.807) is 0 Å². The van der Waals surface area contributed by atoms with Gasteiger partial charge in [-0.1, -0.05) is 6.92 Å². The summed E-state index contributed by atoms with van der Waals surface area (Å²) in [4.78, 5) is 11.9. The van der Waals surface area contributed by atoms with Gasteiger partial charge in [-0.3, -0.25) is 4.79 Å². The highest BCUT2D eigenvalue weighted by atomic mass is 79.9. The Kier molecular flexibility index (Phi) is 5.58. The van der Waals surface area contributed by atoms with E-state index in [1.165, 1.54) is 18.2 Å². The molecule has 0 aliphatic carbocycles. The van der Waals surface area contributed by atoms with E-state index in [1.807, 2.05) is 6.92 Å². The Morgan fingerprint density at radius 1 is 1.59 bits per heavy atom. The number of rotatable bonds is 5. The number of aliphatic hydroxyl groups excluding tert-OH is 1. The van der Waals surface area contributed by atoms with Crippen LogP contribution in [0.2, 0.25) is 0 Å². The molecule has 0 bridgehead atoms. The van der Waals surface area contributed by atoms with Crippen LogP contribution in [0.25, 0.3) is 0 Å². The molecule has 1 aromatic carbocycles. The minimum Gasteiger partial charge on any atom is -0.396 e. The monoisotopic (exact) mass is 303 g/mol. The van der Waals surface area contributed by atoms with Crippen molar-refractivity contribution >= 4 is 21.8 Å². The molecule has 94 valence electrons. The van der Waals surface area contributed by atoms with Crippen molar-refractivity contribution in [2.45, 2.75) is 25.8 Å². The van der Waals surface area contributed by atoms with Gasteiger partial charge in [0.2, 0.25) is 0 Å². The zero-order chi connectivity index (χ0) is 12.8. The van der Waals surface area contributed by atoms with Gasteiger partial charge in [0, 0.05) is 17.1 Å². The van der Waals surface area contributed by atoms with Crippen LogP contribution < -0.4 is 5.32 Å². The number of halogens is 2.